The van der Waals surface area contributed by atoms with Crippen molar-refractivity contribution in [2.24, 2.45) is 5.92 Å². The number of benzene rings is 1. The standard InChI is InChI=1S/C24H34N2O6/c1-16(2)14-18(22(29)32-24(3,4)5)25-21(28)20(27)19-12-9-13-26(19)23(30)31-15-17-10-7-6-8-11-17/h6-8,10-11,16,18-19H,9,12-15H2,1-5H3,(H,25,28)/t18-,19?/m1/s1. The Morgan fingerprint density at radius 2 is 1.78 bits per heavy atom. The normalized spacial score (nSPS) is 17.1. The molecule has 1 aliphatic rings. The van der Waals surface area contributed by atoms with Crippen LogP contribution in [-0.4, -0.2) is 52.9 Å². The minimum absolute atomic E-state index is 0.0817. The molecule has 1 heterocycles. The quantitative estimate of drug-likeness (QED) is 0.486. The average Bonchev–Trinajstić information content (AvgIpc) is 3.20. The molecule has 1 unspecified atom stereocenters. The number of amides is 2. The predicted molar refractivity (Wildman–Crippen MR) is 119 cm³/mol. The van der Waals surface area contributed by atoms with E-state index in [-0.39, 0.29) is 12.5 Å². The van der Waals surface area contributed by atoms with E-state index in [0.717, 1.165) is 5.56 Å². The van der Waals surface area contributed by atoms with E-state index in [0.29, 0.717) is 25.8 Å². The molecular weight excluding hydrogens is 412 g/mol. The molecule has 1 aromatic rings. The van der Waals surface area contributed by atoms with Crippen LogP contribution in [-0.2, 0) is 30.5 Å². The van der Waals surface area contributed by atoms with Gasteiger partial charge in [0.15, 0.2) is 0 Å². The van der Waals surface area contributed by atoms with E-state index in [9.17, 15) is 19.2 Å². The molecule has 1 fully saturated rings. The molecule has 8 nitrogen and oxygen atoms in total. The van der Waals surface area contributed by atoms with Gasteiger partial charge in [-0.1, -0.05) is 44.2 Å². The zero-order valence-electron chi connectivity index (χ0n) is 19.6. The summed E-state index contributed by atoms with van der Waals surface area (Å²) >= 11 is 0. The zero-order chi connectivity index (χ0) is 23.9. The van der Waals surface area contributed by atoms with E-state index in [4.69, 9.17) is 9.47 Å². The van der Waals surface area contributed by atoms with Gasteiger partial charge in [0, 0.05) is 6.54 Å². The number of nitrogens with one attached hydrogen (secondary N) is 1. The van der Waals surface area contributed by atoms with Crippen LogP contribution in [0.25, 0.3) is 0 Å². The van der Waals surface area contributed by atoms with E-state index in [1.54, 1.807) is 20.8 Å². The fraction of sp³-hybridized carbons (Fsp3) is 0.583. The van der Waals surface area contributed by atoms with Crippen LogP contribution in [0, 0.1) is 5.92 Å². The molecule has 1 aliphatic heterocycles. The largest absolute Gasteiger partial charge is 0.458 e. The lowest BCUT2D eigenvalue weighted by Crippen LogP contribution is -2.52. The Morgan fingerprint density at radius 1 is 1.12 bits per heavy atom. The molecule has 2 amide bonds. The number of Topliss-reactive ketones (excluding diaryl/α,β-unsaturated/α-hetero) is 1. The van der Waals surface area contributed by atoms with Gasteiger partial charge in [0.1, 0.15) is 24.3 Å². The number of nitrogens with zero attached hydrogens (tertiary/aromatic N) is 1. The molecule has 0 aliphatic carbocycles. The lowest BCUT2D eigenvalue weighted by Gasteiger charge is -2.26. The maximum absolute atomic E-state index is 12.8. The third-order valence-electron chi connectivity index (χ3n) is 4.92. The van der Waals surface area contributed by atoms with Gasteiger partial charge in [-0.25, -0.2) is 9.59 Å². The monoisotopic (exact) mass is 446 g/mol. The van der Waals surface area contributed by atoms with E-state index >= 15 is 0 Å². The van der Waals surface area contributed by atoms with Crippen LogP contribution in [0.3, 0.4) is 0 Å². The number of ether oxygens (including phenoxy) is 2. The Hall–Kier alpha value is -2.90. The first-order valence-corrected chi connectivity index (χ1v) is 11.0. The van der Waals surface area contributed by atoms with Crippen LogP contribution in [0.4, 0.5) is 4.79 Å². The topological polar surface area (TPSA) is 102 Å². The maximum atomic E-state index is 12.8. The summed E-state index contributed by atoms with van der Waals surface area (Å²) in [4.78, 5) is 51.9. The van der Waals surface area contributed by atoms with E-state index in [1.165, 1.54) is 4.90 Å². The van der Waals surface area contributed by atoms with Gasteiger partial charge in [0.05, 0.1) is 0 Å². The van der Waals surface area contributed by atoms with Crippen LogP contribution in [0.1, 0.15) is 59.4 Å². The fourth-order valence-corrected chi connectivity index (χ4v) is 3.50. The van der Waals surface area contributed by atoms with Crippen molar-refractivity contribution in [3.63, 3.8) is 0 Å². The van der Waals surface area contributed by atoms with E-state index in [2.05, 4.69) is 5.32 Å². The van der Waals surface area contributed by atoms with Crippen molar-refractivity contribution in [1.82, 2.24) is 10.2 Å². The van der Waals surface area contributed by atoms with Gasteiger partial charge in [0.25, 0.3) is 5.91 Å². The van der Waals surface area contributed by atoms with Crippen LogP contribution in [0.5, 0.6) is 0 Å². The summed E-state index contributed by atoms with van der Waals surface area (Å²) in [5.74, 6) is -2.14. The van der Waals surface area contributed by atoms with Crippen molar-refractivity contribution in [1.29, 1.82) is 0 Å². The SMILES string of the molecule is CC(C)C[C@@H](NC(=O)C(=O)C1CCCN1C(=O)OCc1ccccc1)C(=O)OC(C)(C)C. The molecule has 0 spiro atoms. The van der Waals surface area contributed by atoms with Crippen molar-refractivity contribution < 1.29 is 28.7 Å². The maximum Gasteiger partial charge on any atom is 0.410 e. The number of hydrogen-bond donors (Lipinski definition) is 1. The molecule has 1 aromatic carbocycles. The first-order chi connectivity index (χ1) is 15.0. The molecule has 1 N–H and O–H groups in total. The summed E-state index contributed by atoms with van der Waals surface area (Å²) in [5, 5.41) is 2.52. The summed E-state index contributed by atoms with van der Waals surface area (Å²) in [6.45, 7) is 9.45. The number of hydrogen-bond acceptors (Lipinski definition) is 6. The molecule has 0 bridgehead atoms. The minimum Gasteiger partial charge on any atom is -0.458 e. The third-order valence-corrected chi connectivity index (χ3v) is 4.92. The fourth-order valence-electron chi connectivity index (χ4n) is 3.50. The first kappa shape index (κ1) is 25.4. The Balaban J connectivity index is 2.01. The summed E-state index contributed by atoms with van der Waals surface area (Å²) < 4.78 is 10.7. The smallest absolute Gasteiger partial charge is 0.410 e. The molecule has 1 saturated heterocycles. The molecule has 0 aromatic heterocycles. The Morgan fingerprint density at radius 3 is 2.38 bits per heavy atom. The van der Waals surface area contributed by atoms with Gasteiger partial charge in [-0.3, -0.25) is 14.5 Å². The second-order valence-corrected chi connectivity index (χ2v) is 9.44. The number of carbonyl (C=O) groups is 4. The zero-order valence-corrected chi connectivity index (χ0v) is 19.6. The molecule has 32 heavy (non-hydrogen) atoms. The first-order valence-electron chi connectivity index (χ1n) is 11.0. The number of ketones is 1. The second kappa shape index (κ2) is 11.1. The summed E-state index contributed by atoms with van der Waals surface area (Å²) in [7, 11) is 0. The van der Waals surface area contributed by atoms with Crippen molar-refractivity contribution >= 4 is 23.8 Å². The summed E-state index contributed by atoms with van der Waals surface area (Å²) in [5.41, 5.74) is 0.112. The Bertz CT molecular complexity index is 816. The van der Waals surface area contributed by atoms with Gasteiger partial charge < -0.3 is 14.8 Å². The molecule has 2 rings (SSSR count). The van der Waals surface area contributed by atoms with E-state index < -0.39 is 41.4 Å². The summed E-state index contributed by atoms with van der Waals surface area (Å²) in [6.07, 6.45) is 0.657. The highest BCUT2D eigenvalue weighted by Crippen LogP contribution is 2.20. The molecule has 2 atom stereocenters. The van der Waals surface area contributed by atoms with E-state index in [1.807, 2.05) is 44.2 Å². The Labute approximate surface area is 189 Å². The number of likely N-dealkylation sites (tertiary alicyclic amines) is 1. The van der Waals surface area contributed by atoms with Gasteiger partial charge in [-0.05, 0) is 51.5 Å². The Kier molecular flexibility index (Phi) is 8.80. The molecule has 176 valence electrons. The summed E-state index contributed by atoms with van der Waals surface area (Å²) in [6, 6.07) is 7.37. The highest BCUT2D eigenvalue weighted by atomic mass is 16.6. The highest BCUT2D eigenvalue weighted by molar-refractivity contribution is 6.38. The van der Waals surface area contributed by atoms with Crippen molar-refractivity contribution in [3.05, 3.63) is 35.9 Å². The number of rotatable bonds is 8. The van der Waals surface area contributed by atoms with Crippen LogP contribution in [0.15, 0.2) is 30.3 Å². The lowest BCUT2D eigenvalue weighted by atomic mass is 10.0. The van der Waals surface area contributed by atoms with Gasteiger partial charge in [-0.2, -0.15) is 0 Å². The average molecular weight is 447 g/mol. The third kappa shape index (κ3) is 7.66. The van der Waals surface area contributed by atoms with Gasteiger partial charge >= 0.3 is 12.1 Å². The van der Waals surface area contributed by atoms with Gasteiger partial charge in [0.2, 0.25) is 5.78 Å². The molecule has 0 radical (unpaired) electrons. The van der Waals surface area contributed by atoms with Crippen LogP contribution < -0.4 is 5.32 Å². The highest BCUT2D eigenvalue weighted by Gasteiger charge is 2.39. The lowest BCUT2D eigenvalue weighted by molar-refractivity contribution is -0.159. The number of esters is 1. The second-order valence-electron chi connectivity index (χ2n) is 9.44. The predicted octanol–water partition coefficient (Wildman–Crippen LogP) is 3.23. The molecule has 0 saturated carbocycles. The minimum atomic E-state index is -0.939. The number of carbonyl (C=O) groups excluding carboxylic acids is 4. The van der Waals surface area contributed by atoms with Crippen molar-refractivity contribution in [2.75, 3.05) is 6.54 Å². The van der Waals surface area contributed by atoms with Crippen molar-refractivity contribution in [2.45, 2.75) is 78.2 Å². The van der Waals surface area contributed by atoms with Crippen LogP contribution in [0.2, 0.25) is 0 Å². The molecular formula is C24H34N2O6. The van der Waals surface area contributed by atoms with Gasteiger partial charge in [-0.15, -0.1) is 0 Å². The molecule has 8 heteroatoms. The van der Waals surface area contributed by atoms with Crippen molar-refractivity contribution in [3.8, 4) is 0 Å². The van der Waals surface area contributed by atoms with Crippen LogP contribution >= 0.6 is 0 Å².